The Hall–Kier alpha value is -3.91. The summed E-state index contributed by atoms with van der Waals surface area (Å²) in [5.41, 5.74) is 12.0. The smallest absolute Gasteiger partial charge is 0.130 e. The minimum absolute atomic E-state index is 0.253. The Balaban J connectivity index is 1.53. The number of hydrogen-bond acceptors (Lipinski definition) is 2. The molecule has 0 amide bonds. The fourth-order valence-corrected chi connectivity index (χ4v) is 6.04. The lowest BCUT2D eigenvalue weighted by Crippen LogP contribution is -2.27. The van der Waals surface area contributed by atoms with Crippen molar-refractivity contribution in [2.75, 3.05) is 5.32 Å². The molecule has 3 aliphatic rings. The summed E-state index contributed by atoms with van der Waals surface area (Å²) in [6.45, 7) is 0. The van der Waals surface area contributed by atoms with E-state index in [9.17, 15) is 0 Å². The molecule has 0 bridgehead atoms. The van der Waals surface area contributed by atoms with Gasteiger partial charge in [-0.3, -0.25) is 0 Å². The van der Waals surface area contributed by atoms with Crippen LogP contribution in [0.2, 0.25) is 0 Å². The molecule has 2 heteroatoms. The van der Waals surface area contributed by atoms with Gasteiger partial charge < -0.3 is 5.32 Å². The van der Waals surface area contributed by atoms with Gasteiger partial charge in [0.15, 0.2) is 0 Å². The van der Waals surface area contributed by atoms with Crippen LogP contribution in [0.1, 0.15) is 35.1 Å². The molecule has 1 N–H and O–H groups in total. The second-order valence-corrected chi connectivity index (χ2v) is 8.77. The lowest BCUT2D eigenvalue weighted by atomic mass is 9.69. The highest BCUT2D eigenvalue weighted by atomic mass is 15.0. The monoisotopic (exact) mass is 410 g/mol. The zero-order valence-electron chi connectivity index (χ0n) is 17.7. The minimum Gasteiger partial charge on any atom is -0.340 e. The highest BCUT2D eigenvalue weighted by molar-refractivity contribution is 5.96. The summed E-state index contributed by atoms with van der Waals surface area (Å²) in [6, 6.07) is 30.8. The molecule has 0 radical (unpaired) electrons. The van der Waals surface area contributed by atoms with Crippen molar-refractivity contribution in [2.45, 2.75) is 18.3 Å². The Morgan fingerprint density at radius 3 is 2.31 bits per heavy atom. The molecule has 1 heterocycles. The van der Waals surface area contributed by atoms with Gasteiger partial charge in [0.2, 0.25) is 0 Å². The first kappa shape index (κ1) is 17.7. The third-order valence-electron chi connectivity index (χ3n) is 7.21. The molecule has 1 unspecified atom stereocenters. The summed E-state index contributed by atoms with van der Waals surface area (Å²) < 4.78 is 0. The molecule has 1 aromatic heterocycles. The van der Waals surface area contributed by atoms with Crippen molar-refractivity contribution in [3.63, 3.8) is 0 Å². The molecule has 0 fully saturated rings. The summed E-state index contributed by atoms with van der Waals surface area (Å²) in [5, 5.41) is 3.52. The van der Waals surface area contributed by atoms with Crippen LogP contribution >= 0.6 is 0 Å². The Bertz CT molecular complexity index is 1440. The molecule has 2 nitrogen and oxygen atoms in total. The summed E-state index contributed by atoms with van der Waals surface area (Å²) >= 11 is 0. The Morgan fingerprint density at radius 2 is 1.47 bits per heavy atom. The molecule has 1 atom stereocenters. The number of benzene rings is 3. The van der Waals surface area contributed by atoms with Crippen molar-refractivity contribution in [2.24, 2.45) is 0 Å². The first-order valence-corrected chi connectivity index (χ1v) is 11.3. The number of rotatable bonds is 2. The van der Waals surface area contributed by atoms with Crippen LogP contribution in [0, 0.1) is 0 Å². The highest BCUT2D eigenvalue weighted by Gasteiger charge is 2.52. The van der Waals surface area contributed by atoms with Gasteiger partial charge in [0, 0.05) is 11.9 Å². The highest BCUT2D eigenvalue weighted by Crippen LogP contribution is 2.63. The lowest BCUT2D eigenvalue weighted by molar-refractivity contribution is 0.781. The molecule has 152 valence electrons. The maximum atomic E-state index is 4.47. The minimum atomic E-state index is -0.253. The van der Waals surface area contributed by atoms with Crippen LogP contribution in [0.25, 0.3) is 16.7 Å². The van der Waals surface area contributed by atoms with E-state index in [0.29, 0.717) is 0 Å². The number of aromatic nitrogens is 1. The van der Waals surface area contributed by atoms with Crippen molar-refractivity contribution < 1.29 is 0 Å². The van der Waals surface area contributed by atoms with Gasteiger partial charge in [-0.25, -0.2) is 4.98 Å². The van der Waals surface area contributed by atoms with Gasteiger partial charge in [-0.1, -0.05) is 72.8 Å². The average molecular weight is 411 g/mol. The Kier molecular flexibility index (Phi) is 3.63. The number of pyridine rings is 1. The van der Waals surface area contributed by atoms with Gasteiger partial charge in [-0.15, -0.1) is 0 Å². The van der Waals surface area contributed by atoms with Crippen molar-refractivity contribution in [3.05, 3.63) is 131 Å². The second-order valence-electron chi connectivity index (χ2n) is 8.77. The Labute approximate surface area is 188 Å². The van der Waals surface area contributed by atoms with E-state index in [0.717, 1.165) is 24.3 Å². The van der Waals surface area contributed by atoms with Crippen molar-refractivity contribution in [1.29, 1.82) is 0 Å². The van der Waals surface area contributed by atoms with Crippen LogP contribution in [-0.2, 0) is 5.41 Å². The third kappa shape index (κ3) is 2.22. The third-order valence-corrected chi connectivity index (χ3v) is 7.21. The van der Waals surface area contributed by atoms with Crippen LogP contribution < -0.4 is 5.32 Å². The molecular weight excluding hydrogens is 388 g/mol. The van der Waals surface area contributed by atoms with Crippen LogP contribution in [0.5, 0.6) is 0 Å². The molecule has 7 rings (SSSR count). The fourth-order valence-electron chi connectivity index (χ4n) is 6.04. The molecule has 3 aromatic carbocycles. The van der Waals surface area contributed by atoms with E-state index in [1.54, 1.807) is 0 Å². The summed E-state index contributed by atoms with van der Waals surface area (Å²) in [6.07, 6.45) is 8.78. The number of anilines is 2. The summed E-state index contributed by atoms with van der Waals surface area (Å²) in [7, 11) is 0. The van der Waals surface area contributed by atoms with Gasteiger partial charge in [-0.2, -0.15) is 0 Å². The summed E-state index contributed by atoms with van der Waals surface area (Å²) in [4.78, 5) is 4.47. The lowest BCUT2D eigenvalue weighted by Gasteiger charge is -2.32. The standard InChI is InChI=1S/C30H22N2/c1-4-12-25-21(9-1)22-10-2-5-13-26(22)30(25)27-14-6-3-11-23(27)24-17-16-20(19-28(24)30)32-29-15-7-8-18-31-29/h1,3-9,11-19H,2,10H2,(H,31,32). The van der Waals surface area contributed by atoms with E-state index < -0.39 is 0 Å². The van der Waals surface area contributed by atoms with E-state index >= 15 is 0 Å². The number of allylic oxidation sites excluding steroid dienone is 4. The normalized spacial score (nSPS) is 19.5. The number of nitrogens with zero attached hydrogens (tertiary/aromatic N) is 1. The van der Waals surface area contributed by atoms with Crippen LogP contribution in [-0.4, -0.2) is 4.98 Å². The van der Waals surface area contributed by atoms with Gasteiger partial charge >= 0.3 is 0 Å². The van der Waals surface area contributed by atoms with E-state index in [1.807, 2.05) is 24.4 Å². The summed E-state index contributed by atoms with van der Waals surface area (Å²) in [5.74, 6) is 0.862. The van der Waals surface area contributed by atoms with Gasteiger partial charge in [-0.05, 0) is 81.6 Å². The zero-order valence-corrected chi connectivity index (χ0v) is 17.7. The molecule has 0 aliphatic heterocycles. The molecule has 0 saturated heterocycles. The van der Waals surface area contributed by atoms with E-state index in [4.69, 9.17) is 0 Å². The fraction of sp³-hybridized carbons (Fsp3) is 0.100. The Morgan fingerprint density at radius 1 is 0.719 bits per heavy atom. The van der Waals surface area contributed by atoms with Crippen molar-refractivity contribution in [3.8, 4) is 11.1 Å². The number of fused-ring (bicyclic) bond motifs is 9. The van der Waals surface area contributed by atoms with Crippen LogP contribution in [0.4, 0.5) is 11.5 Å². The zero-order chi connectivity index (χ0) is 21.1. The van der Waals surface area contributed by atoms with E-state index in [2.05, 4.69) is 89.2 Å². The van der Waals surface area contributed by atoms with Gasteiger partial charge in [0.25, 0.3) is 0 Å². The molecule has 3 aliphatic carbocycles. The van der Waals surface area contributed by atoms with Crippen molar-refractivity contribution in [1.82, 2.24) is 4.98 Å². The van der Waals surface area contributed by atoms with E-state index in [1.165, 1.54) is 44.5 Å². The number of nitrogens with one attached hydrogen (secondary N) is 1. The number of hydrogen-bond donors (Lipinski definition) is 1. The van der Waals surface area contributed by atoms with Crippen LogP contribution in [0.3, 0.4) is 0 Å². The largest absolute Gasteiger partial charge is 0.340 e. The SMILES string of the molecule is C1=CC2=C(CC1)c1ccccc1C21c2ccccc2-c2ccc(Nc3ccccn3)cc21. The van der Waals surface area contributed by atoms with E-state index in [-0.39, 0.29) is 5.41 Å². The second kappa shape index (κ2) is 6.54. The molecule has 1 spiro atoms. The molecule has 32 heavy (non-hydrogen) atoms. The molecule has 0 saturated carbocycles. The average Bonchev–Trinajstić information content (AvgIpc) is 3.32. The predicted molar refractivity (Wildman–Crippen MR) is 131 cm³/mol. The van der Waals surface area contributed by atoms with Gasteiger partial charge in [0.1, 0.15) is 5.82 Å². The topological polar surface area (TPSA) is 24.9 Å². The quantitative estimate of drug-likeness (QED) is 0.376. The maximum Gasteiger partial charge on any atom is 0.130 e. The van der Waals surface area contributed by atoms with Gasteiger partial charge in [0.05, 0.1) is 5.41 Å². The van der Waals surface area contributed by atoms with Crippen LogP contribution in [0.15, 0.2) is 109 Å². The first-order valence-electron chi connectivity index (χ1n) is 11.3. The predicted octanol–water partition coefficient (Wildman–Crippen LogP) is 7.26. The maximum absolute atomic E-state index is 4.47. The van der Waals surface area contributed by atoms with Crippen molar-refractivity contribution >= 4 is 17.1 Å². The molecular formula is C30H22N2. The first-order chi connectivity index (χ1) is 15.9. The molecule has 4 aromatic rings.